The number of fused-ring (bicyclic) bond motifs is 1. The molecule has 0 saturated heterocycles. The number of anilines is 1. The Labute approximate surface area is 157 Å². The molecule has 3 aromatic heterocycles. The quantitative estimate of drug-likeness (QED) is 0.624. The van der Waals surface area contributed by atoms with Crippen molar-refractivity contribution in [2.24, 2.45) is 5.73 Å². The van der Waals surface area contributed by atoms with Gasteiger partial charge in [0.1, 0.15) is 11.8 Å². The van der Waals surface area contributed by atoms with Crippen molar-refractivity contribution < 1.29 is 14.3 Å². The molecule has 0 unspecified atom stereocenters. The molecule has 1 atom stereocenters. The summed E-state index contributed by atoms with van der Waals surface area (Å²) < 4.78 is 5.76. The van der Waals surface area contributed by atoms with E-state index in [1.165, 1.54) is 16.9 Å². The van der Waals surface area contributed by atoms with E-state index in [2.05, 4.69) is 21.4 Å². The van der Waals surface area contributed by atoms with Crippen LogP contribution in [-0.4, -0.2) is 28.4 Å². The molecule has 7 nitrogen and oxygen atoms in total. The van der Waals surface area contributed by atoms with Crippen molar-refractivity contribution in [3.8, 4) is 11.3 Å². The van der Waals surface area contributed by atoms with Crippen molar-refractivity contribution in [2.75, 3.05) is 11.9 Å². The molecule has 0 bridgehead atoms. The molecule has 0 spiro atoms. The zero-order valence-corrected chi connectivity index (χ0v) is 15.3. The zero-order valence-electron chi connectivity index (χ0n) is 13.7. The van der Waals surface area contributed by atoms with Gasteiger partial charge in [-0.1, -0.05) is 0 Å². The summed E-state index contributed by atoms with van der Waals surface area (Å²) in [6.07, 6.45) is 2.63. The molecule has 1 aliphatic rings. The summed E-state index contributed by atoms with van der Waals surface area (Å²) in [5.74, 6) is -0.663. The minimum atomic E-state index is -0.527. The number of nitrogens with one attached hydrogen (secondary N) is 2. The number of aromatic nitrogens is 2. The number of primary amides is 1. The smallest absolute Gasteiger partial charge is 0.265 e. The van der Waals surface area contributed by atoms with Crippen LogP contribution in [0.4, 0.5) is 5.13 Å². The lowest BCUT2D eigenvalue weighted by Gasteiger charge is -2.22. The Morgan fingerprint density at radius 2 is 2.31 bits per heavy atom. The van der Waals surface area contributed by atoms with Crippen LogP contribution in [0.5, 0.6) is 0 Å². The first kappa shape index (κ1) is 17.0. The van der Waals surface area contributed by atoms with Crippen LogP contribution in [0.3, 0.4) is 0 Å². The predicted octanol–water partition coefficient (Wildman–Crippen LogP) is 2.94. The van der Waals surface area contributed by atoms with E-state index in [9.17, 15) is 9.59 Å². The van der Waals surface area contributed by atoms with Crippen LogP contribution < -0.4 is 11.1 Å². The van der Waals surface area contributed by atoms with Gasteiger partial charge in [-0.25, -0.2) is 4.98 Å². The fourth-order valence-electron chi connectivity index (χ4n) is 2.86. The summed E-state index contributed by atoms with van der Waals surface area (Å²) in [4.78, 5) is 31.9. The maximum absolute atomic E-state index is 12.4. The Morgan fingerprint density at radius 1 is 1.42 bits per heavy atom. The average molecular weight is 388 g/mol. The maximum Gasteiger partial charge on any atom is 0.265 e. The van der Waals surface area contributed by atoms with Gasteiger partial charge >= 0.3 is 0 Å². The average Bonchev–Trinajstić information content (AvgIpc) is 3.35. The Morgan fingerprint density at radius 3 is 3.12 bits per heavy atom. The largest absolute Gasteiger partial charge is 0.372 e. The number of carbonyl (C=O) groups excluding carboxylic acids is 2. The Bertz CT molecular complexity index is 959. The highest BCUT2D eigenvalue weighted by Gasteiger charge is 2.25. The molecule has 26 heavy (non-hydrogen) atoms. The third kappa shape index (κ3) is 3.41. The van der Waals surface area contributed by atoms with Gasteiger partial charge in [0, 0.05) is 22.0 Å². The van der Waals surface area contributed by atoms with Gasteiger partial charge in [-0.2, -0.15) is 0 Å². The van der Waals surface area contributed by atoms with Crippen molar-refractivity contribution in [3.63, 3.8) is 0 Å². The van der Waals surface area contributed by atoms with Crippen molar-refractivity contribution in [3.05, 3.63) is 45.2 Å². The minimum Gasteiger partial charge on any atom is -0.372 e. The fourth-order valence-corrected chi connectivity index (χ4v) is 4.60. The highest BCUT2D eigenvalue weighted by Crippen LogP contribution is 2.34. The topological polar surface area (TPSA) is 110 Å². The van der Waals surface area contributed by atoms with Crippen LogP contribution in [0.2, 0.25) is 0 Å². The number of rotatable bonds is 5. The van der Waals surface area contributed by atoms with E-state index in [0.29, 0.717) is 23.1 Å². The van der Waals surface area contributed by atoms with E-state index in [1.807, 2.05) is 10.8 Å². The van der Waals surface area contributed by atoms with Gasteiger partial charge in [0.05, 0.1) is 18.7 Å². The summed E-state index contributed by atoms with van der Waals surface area (Å²) in [6.45, 7) is 0.638. The number of nitrogens with zero attached hydrogens (tertiary/aromatic N) is 1. The second-order valence-corrected chi connectivity index (χ2v) is 7.68. The van der Waals surface area contributed by atoms with Crippen LogP contribution in [0.25, 0.3) is 11.3 Å². The van der Waals surface area contributed by atoms with Gasteiger partial charge in [0.2, 0.25) is 5.91 Å². The van der Waals surface area contributed by atoms with Gasteiger partial charge in [-0.05, 0) is 29.5 Å². The predicted molar refractivity (Wildman–Crippen MR) is 100 cm³/mol. The lowest BCUT2D eigenvalue weighted by atomic mass is 10.1. The Kier molecular flexibility index (Phi) is 4.58. The van der Waals surface area contributed by atoms with Gasteiger partial charge in [-0.15, -0.1) is 22.7 Å². The molecule has 0 radical (unpaired) electrons. The highest BCUT2D eigenvalue weighted by molar-refractivity contribution is 7.14. The molecule has 134 valence electrons. The van der Waals surface area contributed by atoms with Crippen LogP contribution >= 0.6 is 22.7 Å². The molecule has 1 aliphatic heterocycles. The first-order valence-corrected chi connectivity index (χ1v) is 9.78. The summed E-state index contributed by atoms with van der Waals surface area (Å²) in [7, 11) is 0. The second kappa shape index (κ2) is 7.02. The van der Waals surface area contributed by atoms with Crippen molar-refractivity contribution >= 4 is 39.6 Å². The molecular weight excluding hydrogens is 372 g/mol. The zero-order chi connectivity index (χ0) is 18.1. The number of nitrogens with two attached hydrogens (primary N) is 1. The first-order valence-electron chi connectivity index (χ1n) is 8.02. The number of amides is 2. The van der Waals surface area contributed by atoms with Gasteiger partial charge in [-0.3, -0.25) is 9.59 Å². The number of hydrogen-bond donors (Lipinski definition) is 3. The summed E-state index contributed by atoms with van der Waals surface area (Å²) in [5, 5.41) is 7.19. The molecule has 0 fully saturated rings. The lowest BCUT2D eigenvalue weighted by molar-refractivity contribution is -0.119. The first-order chi connectivity index (χ1) is 12.6. The second-order valence-electron chi connectivity index (χ2n) is 5.88. The van der Waals surface area contributed by atoms with Crippen molar-refractivity contribution in [1.82, 2.24) is 9.97 Å². The summed E-state index contributed by atoms with van der Waals surface area (Å²) >= 11 is 2.96. The number of thiazole rings is 1. The minimum absolute atomic E-state index is 0.135. The fraction of sp³-hybridized carbons (Fsp3) is 0.235. The highest BCUT2D eigenvalue weighted by atomic mass is 32.1. The van der Waals surface area contributed by atoms with Crippen molar-refractivity contribution in [1.29, 1.82) is 0 Å². The van der Waals surface area contributed by atoms with E-state index in [-0.39, 0.29) is 18.4 Å². The normalized spacial score (nSPS) is 16.2. The number of carbonyl (C=O) groups is 2. The molecule has 9 heteroatoms. The third-order valence-corrected chi connectivity index (χ3v) is 5.94. The van der Waals surface area contributed by atoms with E-state index in [0.717, 1.165) is 16.9 Å². The van der Waals surface area contributed by atoms with E-state index < -0.39 is 5.91 Å². The maximum atomic E-state index is 12.4. The molecule has 4 heterocycles. The molecule has 4 rings (SSSR count). The lowest BCUT2D eigenvalue weighted by Crippen LogP contribution is -2.21. The standard InChI is InChI=1S/C17H16N4O3S2/c18-16(23)11-5-10(7-19-11)12-8-26-17(20-12)21-14(22)6-13-15-9(1-3-24-13)2-4-25-15/h2,4-5,7-8,13,19H,1,3,6H2,(H2,18,23)(H,20,21,22)/t13-/m0/s1. The van der Waals surface area contributed by atoms with E-state index >= 15 is 0 Å². The molecule has 0 saturated carbocycles. The number of hydrogen-bond acceptors (Lipinski definition) is 6. The van der Waals surface area contributed by atoms with E-state index in [1.54, 1.807) is 23.6 Å². The Hall–Kier alpha value is -2.49. The van der Waals surface area contributed by atoms with Crippen LogP contribution in [0, 0.1) is 0 Å². The summed E-state index contributed by atoms with van der Waals surface area (Å²) in [5.41, 5.74) is 8.24. The van der Waals surface area contributed by atoms with E-state index in [4.69, 9.17) is 10.5 Å². The third-order valence-electron chi connectivity index (χ3n) is 4.13. The van der Waals surface area contributed by atoms with Crippen molar-refractivity contribution in [2.45, 2.75) is 18.9 Å². The monoisotopic (exact) mass is 388 g/mol. The molecule has 0 aliphatic carbocycles. The van der Waals surface area contributed by atoms with Crippen LogP contribution in [0.15, 0.2) is 29.1 Å². The molecule has 4 N–H and O–H groups in total. The molecule has 2 amide bonds. The number of ether oxygens (including phenoxy) is 1. The molecule has 3 aromatic rings. The van der Waals surface area contributed by atoms with Crippen LogP contribution in [-0.2, 0) is 16.0 Å². The number of thiophene rings is 1. The number of aromatic amines is 1. The van der Waals surface area contributed by atoms with Gasteiger partial charge in [0.15, 0.2) is 5.13 Å². The number of H-pyrrole nitrogens is 1. The van der Waals surface area contributed by atoms with Gasteiger partial charge in [0.25, 0.3) is 5.91 Å². The molecule has 0 aromatic carbocycles. The Balaban J connectivity index is 1.41. The van der Waals surface area contributed by atoms with Crippen LogP contribution in [0.1, 0.15) is 33.5 Å². The molecular formula is C17H16N4O3S2. The van der Waals surface area contributed by atoms with Gasteiger partial charge < -0.3 is 20.8 Å². The summed E-state index contributed by atoms with van der Waals surface area (Å²) in [6, 6.07) is 3.73. The SMILES string of the molecule is NC(=O)c1cc(-c2csc(NC(=O)C[C@@H]3OCCc4ccsc43)n2)c[nH]1.